The van der Waals surface area contributed by atoms with Gasteiger partial charge in [-0.1, -0.05) is 36.4 Å². The smallest absolute Gasteiger partial charge is 0.278 e. The quantitative estimate of drug-likeness (QED) is 0.602. The van der Waals surface area contributed by atoms with Gasteiger partial charge in [0.05, 0.1) is 19.2 Å². The molecule has 0 radical (unpaired) electrons. The SMILES string of the molecule is COc1ccccc1C1=C(N2CCc3ccccc32)C(=O)N(Cc2ccncc2)C1=O. The molecule has 0 bridgehead atoms. The van der Waals surface area contributed by atoms with Crippen molar-refractivity contribution in [3.8, 4) is 5.75 Å². The van der Waals surface area contributed by atoms with Crippen LogP contribution in [-0.4, -0.2) is 35.4 Å². The third-order valence-corrected chi connectivity index (χ3v) is 5.77. The van der Waals surface area contributed by atoms with Crippen molar-refractivity contribution >= 4 is 23.1 Å². The number of hydrogen-bond donors (Lipinski definition) is 0. The molecule has 6 nitrogen and oxygen atoms in total. The van der Waals surface area contributed by atoms with E-state index < -0.39 is 0 Å². The van der Waals surface area contributed by atoms with Crippen molar-refractivity contribution in [1.82, 2.24) is 9.88 Å². The maximum atomic E-state index is 13.6. The lowest BCUT2D eigenvalue weighted by atomic mass is 10.0. The van der Waals surface area contributed by atoms with Crippen LogP contribution in [-0.2, 0) is 22.6 Å². The number of benzene rings is 2. The van der Waals surface area contributed by atoms with Crippen LogP contribution < -0.4 is 9.64 Å². The van der Waals surface area contributed by atoms with Gasteiger partial charge in [-0.3, -0.25) is 19.5 Å². The minimum atomic E-state index is -0.314. The highest BCUT2D eigenvalue weighted by Gasteiger charge is 2.43. The standard InChI is InChI=1S/C25H21N3O3/c1-31-21-9-5-3-7-19(21)22-23(27-15-12-18-6-2-4-8-20(18)27)25(30)28(24(22)29)16-17-10-13-26-14-11-17/h2-11,13-14H,12,15-16H2,1H3. The van der Waals surface area contributed by atoms with Crippen LogP contribution >= 0.6 is 0 Å². The summed E-state index contributed by atoms with van der Waals surface area (Å²) < 4.78 is 5.53. The van der Waals surface area contributed by atoms with Crippen molar-refractivity contribution in [1.29, 1.82) is 0 Å². The summed E-state index contributed by atoms with van der Waals surface area (Å²) in [6.45, 7) is 0.841. The van der Waals surface area contributed by atoms with Crippen LogP contribution in [0.1, 0.15) is 16.7 Å². The van der Waals surface area contributed by atoms with E-state index in [1.807, 2.05) is 53.4 Å². The fraction of sp³-hybridized carbons (Fsp3) is 0.160. The van der Waals surface area contributed by atoms with Crippen molar-refractivity contribution in [3.05, 3.63) is 95.4 Å². The molecule has 2 aliphatic rings. The van der Waals surface area contributed by atoms with Gasteiger partial charge in [0, 0.05) is 30.2 Å². The molecule has 0 fully saturated rings. The summed E-state index contributed by atoms with van der Waals surface area (Å²) >= 11 is 0. The highest BCUT2D eigenvalue weighted by Crippen LogP contribution is 2.41. The number of fused-ring (bicyclic) bond motifs is 1. The first-order valence-corrected chi connectivity index (χ1v) is 10.2. The lowest BCUT2D eigenvalue weighted by Crippen LogP contribution is -2.34. The van der Waals surface area contributed by atoms with Crippen molar-refractivity contribution in [2.24, 2.45) is 0 Å². The van der Waals surface area contributed by atoms with Crippen LogP contribution in [0.2, 0.25) is 0 Å². The van der Waals surface area contributed by atoms with Gasteiger partial charge in [0.25, 0.3) is 11.8 Å². The van der Waals surface area contributed by atoms with E-state index in [0.717, 1.165) is 17.7 Å². The van der Waals surface area contributed by atoms with Crippen molar-refractivity contribution in [3.63, 3.8) is 0 Å². The predicted molar refractivity (Wildman–Crippen MR) is 117 cm³/mol. The van der Waals surface area contributed by atoms with Crippen LogP contribution in [0, 0.1) is 0 Å². The average molecular weight is 411 g/mol. The van der Waals surface area contributed by atoms with Gasteiger partial charge in [0.2, 0.25) is 0 Å². The lowest BCUT2D eigenvalue weighted by molar-refractivity contribution is -0.137. The van der Waals surface area contributed by atoms with Crippen LogP contribution in [0.3, 0.4) is 0 Å². The highest BCUT2D eigenvalue weighted by molar-refractivity contribution is 6.37. The van der Waals surface area contributed by atoms with E-state index in [-0.39, 0.29) is 18.4 Å². The third kappa shape index (κ3) is 3.17. The van der Waals surface area contributed by atoms with E-state index in [1.54, 1.807) is 25.6 Å². The van der Waals surface area contributed by atoms with E-state index >= 15 is 0 Å². The van der Waals surface area contributed by atoms with Crippen molar-refractivity contribution in [2.45, 2.75) is 13.0 Å². The fourth-order valence-corrected chi connectivity index (χ4v) is 4.29. The summed E-state index contributed by atoms with van der Waals surface area (Å²) in [5.41, 5.74) is 4.40. The zero-order valence-corrected chi connectivity index (χ0v) is 17.1. The Labute approximate surface area is 180 Å². The monoisotopic (exact) mass is 411 g/mol. The number of methoxy groups -OCH3 is 1. The molecule has 154 valence electrons. The normalized spacial score (nSPS) is 15.6. The maximum Gasteiger partial charge on any atom is 0.278 e. The number of hydrogen-bond acceptors (Lipinski definition) is 5. The molecule has 0 saturated carbocycles. The third-order valence-electron chi connectivity index (χ3n) is 5.77. The van der Waals surface area contributed by atoms with Crippen LogP contribution in [0.25, 0.3) is 5.57 Å². The first kappa shape index (κ1) is 19.1. The average Bonchev–Trinajstić information content (AvgIpc) is 3.34. The van der Waals surface area contributed by atoms with E-state index in [9.17, 15) is 9.59 Å². The Morgan fingerprint density at radius 1 is 0.935 bits per heavy atom. The number of rotatable bonds is 5. The van der Waals surface area contributed by atoms with Crippen LogP contribution in [0.5, 0.6) is 5.75 Å². The zero-order chi connectivity index (χ0) is 21.4. The zero-order valence-electron chi connectivity index (χ0n) is 17.1. The number of pyridine rings is 1. The van der Waals surface area contributed by atoms with Gasteiger partial charge in [0.15, 0.2) is 0 Å². The minimum absolute atomic E-state index is 0.192. The van der Waals surface area contributed by atoms with Gasteiger partial charge in [-0.25, -0.2) is 0 Å². The summed E-state index contributed by atoms with van der Waals surface area (Å²) in [7, 11) is 1.57. The predicted octanol–water partition coefficient (Wildman–Crippen LogP) is 3.43. The molecule has 2 aliphatic heterocycles. The molecule has 2 aromatic carbocycles. The molecule has 0 aliphatic carbocycles. The molecule has 6 heteroatoms. The number of amides is 2. The number of anilines is 1. The van der Waals surface area contributed by atoms with Gasteiger partial charge >= 0.3 is 0 Å². The number of aromatic nitrogens is 1. The number of carbonyl (C=O) groups excluding carboxylic acids is 2. The molecule has 3 aromatic rings. The second-order valence-electron chi connectivity index (χ2n) is 7.51. The Morgan fingerprint density at radius 2 is 1.68 bits per heavy atom. The Hall–Kier alpha value is -3.93. The van der Waals surface area contributed by atoms with E-state index in [0.29, 0.717) is 29.1 Å². The van der Waals surface area contributed by atoms with Crippen molar-refractivity contribution < 1.29 is 14.3 Å². The van der Waals surface area contributed by atoms with Crippen LogP contribution in [0.15, 0.2) is 78.8 Å². The molecule has 0 N–H and O–H groups in total. The molecule has 2 amide bonds. The molecule has 1 aromatic heterocycles. The fourth-order valence-electron chi connectivity index (χ4n) is 4.29. The second-order valence-corrected chi connectivity index (χ2v) is 7.51. The summed E-state index contributed by atoms with van der Waals surface area (Å²) in [5, 5.41) is 0. The topological polar surface area (TPSA) is 62.7 Å². The largest absolute Gasteiger partial charge is 0.496 e. The Kier molecular flexibility index (Phi) is 4.75. The lowest BCUT2D eigenvalue weighted by Gasteiger charge is -2.22. The number of para-hydroxylation sites is 2. The van der Waals surface area contributed by atoms with Gasteiger partial charge in [0.1, 0.15) is 11.4 Å². The van der Waals surface area contributed by atoms with E-state index in [1.165, 1.54) is 10.5 Å². The van der Waals surface area contributed by atoms with E-state index in [2.05, 4.69) is 11.1 Å². The molecule has 0 atom stereocenters. The summed E-state index contributed by atoms with van der Waals surface area (Å²) in [6, 6.07) is 19.0. The maximum absolute atomic E-state index is 13.6. The Balaban J connectivity index is 1.65. The van der Waals surface area contributed by atoms with Crippen LogP contribution in [0.4, 0.5) is 5.69 Å². The van der Waals surface area contributed by atoms with Gasteiger partial charge in [-0.15, -0.1) is 0 Å². The molecule has 3 heterocycles. The highest BCUT2D eigenvalue weighted by atomic mass is 16.5. The molecule has 31 heavy (non-hydrogen) atoms. The number of imide groups is 1. The Morgan fingerprint density at radius 3 is 2.48 bits per heavy atom. The van der Waals surface area contributed by atoms with Gasteiger partial charge in [-0.2, -0.15) is 0 Å². The Bertz CT molecular complexity index is 1200. The van der Waals surface area contributed by atoms with Crippen molar-refractivity contribution in [2.75, 3.05) is 18.6 Å². The van der Waals surface area contributed by atoms with Gasteiger partial charge < -0.3 is 9.64 Å². The molecule has 0 spiro atoms. The first-order valence-electron chi connectivity index (χ1n) is 10.2. The molecular formula is C25H21N3O3. The summed E-state index contributed by atoms with van der Waals surface area (Å²) in [6.07, 6.45) is 4.14. The molecule has 0 saturated heterocycles. The summed E-state index contributed by atoms with van der Waals surface area (Å²) in [4.78, 5) is 34.6. The first-order chi connectivity index (χ1) is 15.2. The summed E-state index contributed by atoms with van der Waals surface area (Å²) in [5.74, 6) is -0.0421. The second kappa shape index (κ2) is 7.72. The minimum Gasteiger partial charge on any atom is -0.496 e. The van der Waals surface area contributed by atoms with Gasteiger partial charge in [-0.05, 0) is 41.8 Å². The number of nitrogens with zero attached hydrogens (tertiary/aromatic N) is 3. The number of carbonyl (C=O) groups is 2. The molecule has 0 unspecified atom stereocenters. The number of ether oxygens (including phenoxy) is 1. The van der Waals surface area contributed by atoms with E-state index in [4.69, 9.17) is 4.74 Å². The molecule has 5 rings (SSSR count). The molecular weight excluding hydrogens is 390 g/mol.